The van der Waals surface area contributed by atoms with Gasteiger partial charge in [0, 0.05) is 22.1 Å². The maximum absolute atomic E-state index is 12.5. The summed E-state index contributed by atoms with van der Waals surface area (Å²) in [4.78, 5) is 24.9. The van der Waals surface area contributed by atoms with Gasteiger partial charge in [0.1, 0.15) is 0 Å². The summed E-state index contributed by atoms with van der Waals surface area (Å²) in [5.74, 6) is 0.669. The highest BCUT2D eigenvalue weighted by Gasteiger charge is 2.20. The van der Waals surface area contributed by atoms with Crippen LogP contribution in [0.1, 0.15) is 39.5 Å². The molecule has 1 N–H and O–H groups in total. The standard InChI is InChI=1S/C22H21BrN4O2S/c1-3-13-27-20(15(2)24-21(29)17-7-5-4-6-8-17)25-26-22(27)30-14-19(28)16-9-11-18(23)12-10-16/h3-12,15H,1,13-14H2,2H3,(H,24,29). The first kappa shape index (κ1) is 22.0. The van der Waals surface area contributed by atoms with Gasteiger partial charge < -0.3 is 9.88 Å². The first-order valence-corrected chi connectivity index (χ1v) is 11.1. The number of nitrogens with zero attached hydrogens (tertiary/aromatic N) is 3. The smallest absolute Gasteiger partial charge is 0.251 e. The Hall–Kier alpha value is -2.71. The lowest BCUT2D eigenvalue weighted by molar-refractivity contribution is 0.0937. The minimum atomic E-state index is -0.360. The van der Waals surface area contributed by atoms with Crippen molar-refractivity contribution in [3.63, 3.8) is 0 Å². The van der Waals surface area contributed by atoms with Crippen LogP contribution in [0, 0.1) is 0 Å². The van der Waals surface area contributed by atoms with Gasteiger partial charge in [-0.25, -0.2) is 0 Å². The third-order valence-electron chi connectivity index (χ3n) is 4.33. The van der Waals surface area contributed by atoms with Crippen molar-refractivity contribution in [1.82, 2.24) is 20.1 Å². The van der Waals surface area contributed by atoms with E-state index in [1.807, 2.05) is 41.8 Å². The summed E-state index contributed by atoms with van der Waals surface area (Å²) in [7, 11) is 0. The van der Waals surface area contributed by atoms with Gasteiger partial charge in [-0.2, -0.15) is 0 Å². The van der Waals surface area contributed by atoms with Gasteiger partial charge in [0.15, 0.2) is 16.8 Å². The van der Waals surface area contributed by atoms with Crippen molar-refractivity contribution >= 4 is 39.4 Å². The SMILES string of the molecule is C=CCn1c(SCC(=O)c2ccc(Br)cc2)nnc1C(C)NC(=O)c1ccccc1. The number of ketones is 1. The molecule has 0 radical (unpaired) electrons. The summed E-state index contributed by atoms with van der Waals surface area (Å²) in [6.45, 7) is 6.12. The van der Waals surface area contributed by atoms with E-state index in [-0.39, 0.29) is 23.5 Å². The van der Waals surface area contributed by atoms with Gasteiger partial charge >= 0.3 is 0 Å². The first-order valence-electron chi connectivity index (χ1n) is 9.31. The van der Waals surface area contributed by atoms with E-state index in [9.17, 15) is 9.59 Å². The van der Waals surface area contributed by atoms with Gasteiger partial charge in [-0.05, 0) is 31.2 Å². The average Bonchev–Trinajstić information content (AvgIpc) is 3.16. The maximum atomic E-state index is 12.5. The largest absolute Gasteiger partial charge is 0.342 e. The van der Waals surface area contributed by atoms with Gasteiger partial charge in [0.05, 0.1) is 11.8 Å². The van der Waals surface area contributed by atoms with Crippen LogP contribution >= 0.6 is 27.7 Å². The molecule has 0 aliphatic rings. The molecular weight excluding hydrogens is 464 g/mol. The number of hydrogen-bond acceptors (Lipinski definition) is 5. The summed E-state index contributed by atoms with van der Waals surface area (Å²) in [5.41, 5.74) is 1.22. The number of benzene rings is 2. The van der Waals surface area contributed by atoms with E-state index in [0.717, 1.165) is 4.47 Å². The summed E-state index contributed by atoms with van der Waals surface area (Å²) in [6.07, 6.45) is 1.74. The number of allylic oxidation sites excluding steroid dienone is 1. The third kappa shape index (κ3) is 5.46. The van der Waals surface area contributed by atoms with Gasteiger partial charge in [-0.15, -0.1) is 16.8 Å². The highest BCUT2D eigenvalue weighted by atomic mass is 79.9. The minimum Gasteiger partial charge on any atom is -0.342 e. The number of aromatic nitrogens is 3. The van der Waals surface area contributed by atoms with Crippen LogP contribution in [0.3, 0.4) is 0 Å². The minimum absolute atomic E-state index is 0.00707. The zero-order valence-electron chi connectivity index (χ0n) is 16.4. The lowest BCUT2D eigenvalue weighted by Crippen LogP contribution is -2.28. The predicted molar refractivity (Wildman–Crippen MR) is 122 cm³/mol. The summed E-state index contributed by atoms with van der Waals surface area (Å²) < 4.78 is 2.79. The summed E-state index contributed by atoms with van der Waals surface area (Å²) in [5, 5.41) is 12.0. The third-order valence-corrected chi connectivity index (χ3v) is 5.82. The van der Waals surface area contributed by atoms with E-state index < -0.39 is 0 Å². The number of hydrogen-bond donors (Lipinski definition) is 1. The fourth-order valence-corrected chi connectivity index (χ4v) is 3.92. The fourth-order valence-electron chi connectivity index (χ4n) is 2.81. The molecule has 1 amide bonds. The molecule has 3 rings (SSSR count). The lowest BCUT2D eigenvalue weighted by atomic mass is 10.2. The molecule has 1 atom stereocenters. The van der Waals surface area contributed by atoms with Gasteiger partial charge in [0.25, 0.3) is 5.91 Å². The van der Waals surface area contributed by atoms with Crippen molar-refractivity contribution in [2.24, 2.45) is 0 Å². The molecular formula is C22H21BrN4O2S. The van der Waals surface area contributed by atoms with E-state index >= 15 is 0 Å². The molecule has 154 valence electrons. The van der Waals surface area contributed by atoms with E-state index in [1.165, 1.54) is 11.8 Å². The average molecular weight is 485 g/mol. The van der Waals surface area contributed by atoms with Crippen molar-refractivity contribution in [2.45, 2.75) is 24.7 Å². The maximum Gasteiger partial charge on any atom is 0.251 e. The number of Topliss-reactive ketones (excluding diaryl/α,β-unsaturated/α-hetero) is 1. The quantitative estimate of drug-likeness (QED) is 0.270. The molecule has 0 fully saturated rings. The number of rotatable bonds is 9. The van der Waals surface area contributed by atoms with Crippen LogP contribution in [0.15, 0.2) is 76.9 Å². The predicted octanol–water partition coefficient (Wildman–Crippen LogP) is 4.69. The Balaban J connectivity index is 1.71. The fraction of sp³-hybridized carbons (Fsp3) is 0.182. The molecule has 0 saturated carbocycles. The van der Waals surface area contributed by atoms with E-state index in [2.05, 4.69) is 38.0 Å². The Morgan fingerprint density at radius 3 is 2.50 bits per heavy atom. The molecule has 2 aromatic carbocycles. The van der Waals surface area contributed by atoms with Crippen molar-refractivity contribution in [3.8, 4) is 0 Å². The zero-order valence-corrected chi connectivity index (χ0v) is 18.8. The second kappa shape index (κ2) is 10.4. The molecule has 8 heteroatoms. The second-order valence-corrected chi connectivity index (χ2v) is 8.38. The zero-order chi connectivity index (χ0) is 21.5. The Bertz CT molecular complexity index is 1040. The molecule has 0 aliphatic carbocycles. The number of carbonyl (C=O) groups excluding carboxylic acids is 2. The molecule has 0 bridgehead atoms. The molecule has 0 aliphatic heterocycles. The van der Waals surface area contributed by atoms with Crippen molar-refractivity contribution in [2.75, 3.05) is 5.75 Å². The number of carbonyl (C=O) groups is 2. The van der Waals surface area contributed by atoms with E-state index in [1.54, 1.807) is 30.3 Å². The Labute approximate surface area is 187 Å². The number of halogens is 1. The van der Waals surface area contributed by atoms with Crippen LogP contribution in [0.5, 0.6) is 0 Å². The van der Waals surface area contributed by atoms with Crippen LogP contribution in [0.25, 0.3) is 0 Å². The molecule has 1 aromatic heterocycles. The van der Waals surface area contributed by atoms with Crippen LogP contribution in [-0.2, 0) is 6.54 Å². The summed E-state index contributed by atoms with van der Waals surface area (Å²) in [6, 6.07) is 15.9. The monoisotopic (exact) mass is 484 g/mol. The highest BCUT2D eigenvalue weighted by molar-refractivity contribution is 9.10. The van der Waals surface area contributed by atoms with Crippen LogP contribution in [0.4, 0.5) is 0 Å². The molecule has 30 heavy (non-hydrogen) atoms. The highest BCUT2D eigenvalue weighted by Crippen LogP contribution is 2.22. The first-order chi connectivity index (χ1) is 14.5. The topological polar surface area (TPSA) is 76.9 Å². The van der Waals surface area contributed by atoms with Gasteiger partial charge in [-0.1, -0.05) is 64.1 Å². The molecule has 3 aromatic rings. The normalized spacial score (nSPS) is 11.7. The second-order valence-electron chi connectivity index (χ2n) is 6.52. The molecule has 0 saturated heterocycles. The van der Waals surface area contributed by atoms with Crippen LogP contribution in [-0.4, -0.2) is 32.2 Å². The van der Waals surface area contributed by atoms with Gasteiger partial charge in [0.2, 0.25) is 0 Å². The summed E-state index contributed by atoms with van der Waals surface area (Å²) >= 11 is 4.68. The Kier molecular flexibility index (Phi) is 7.59. The Morgan fingerprint density at radius 2 is 1.83 bits per heavy atom. The lowest BCUT2D eigenvalue weighted by Gasteiger charge is -2.15. The van der Waals surface area contributed by atoms with Crippen molar-refractivity contribution in [3.05, 3.63) is 88.7 Å². The van der Waals surface area contributed by atoms with Crippen molar-refractivity contribution in [1.29, 1.82) is 0 Å². The van der Waals surface area contributed by atoms with Crippen LogP contribution < -0.4 is 5.32 Å². The van der Waals surface area contributed by atoms with Crippen molar-refractivity contribution < 1.29 is 9.59 Å². The number of thioether (sulfide) groups is 1. The molecule has 1 unspecified atom stereocenters. The molecule has 1 heterocycles. The van der Waals surface area contributed by atoms with E-state index in [0.29, 0.717) is 28.7 Å². The molecule has 0 spiro atoms. The molecule has 6 nitrogen and oxygen atoms in total. The number of nitrogens with one attached hydrogen (secondary N) is 1. The van der Waals surface area contributed by atoms with E-state index in [4.69, 9.17) is 0 Å². The van der Waals surface area contributed by atoms with Gasteiger partial charge in [-0.3, -0.25) is 9.59 Å². The number of amides is 1. The Morgan fingerprint density at radius 1 is 1.13 bits per heavy atom. The van der Waals surface area contributed by atoms with Crippen LogP contribution in [0.2, 0.25) is 0 Å².